The van der Waals surface area contributed by atoms with Crippen molar-refractivity contribution in [1.29, 1.82) is 0 Å². The van der Waals surface area contributed by atoms with Crippen molar-refractivity contribution in [3.63, 3.8) is 0 Å². The smallest absolute Gasteiger partial charge is 0.0112 e. The number of halogens is 1. The van der Waals surface area contributed by atoms with E-state index < -0.39 is 0 Å². The molecule has 0 aliphatic carbocycles. The third-order valence-corrected chi connectivity index (χ3v) is 1.95. The fourth-order valence-corrected chi connectivity index (χ4v) is 1.35. The van der Waals surface area contributed by atoms with E-state index in [0.717, 1.165) is 13.1 Å². The van der Waals surface area contributed by atoms with Crippen molar-refractivity contribution in [3.8, 4) is 0 Å². The van der Waals surface area contributed by atoms with Crippen LogP contribution in [0.1, 0.15) is 27.7 Å². The third kappa shape index (κ3) is 5.81. The molecule has 0 aromatic carbocycles. The third-order valence-electron chi connectivity index (χ3n) is 1.95. The number of likely N-dealkylation sites (N-methyl/N-ethyl adjacent to an activating group) is 1. The van der Waals surface area contributed by atoms with E-state index in [4.69, 9.17) is 0 Å². The molecule has 0 aliphatic heterocycles. The number of hydrogen-bond donors (Lipinski definition) is 1. The molecule has 0 saturated carbocycles. The van der Waals surface area contributed by atoms with Gasteiger partial charge in [0.15, 0.2) is 0 Å². The SMILES string of the molecule is CNCCN(C(C)C)C(C)C.Cl. The maximum Gasteiger partial charge on any atom is 0.0112 e. The van der Waals surface area contributed by atoms with E-state index in [1.807, 2.05) is 7.05 Å². The van der Waals surface area contributed by atoms with Crippen LogP contribution in [0.2, 0.25) is 0 Å². The zero-order chi connectivity index (χ0) is 8.85. The minimum atomic E-state index is 0. The second kappa shape index (κ2) is 7.84. The summed E-state index contributed by atoms with van der Waals surface area (Å²) in [6.07, 6.45) is 0. The highest BCUT2D eigenvalue weighted by Crippen LogP contribution is 2.02. The van der Waals surface area contributed by atoms with E-state index >= 15 is 0 Å². The van der Waals surface area contributed by atoms with Gasteiger partial charge in [0, 0.05) is 25.2 Å². The van der Waals surface area contributed by atoms with E-state index in [1.165, 1.54) is 0 Å². The first kappa shape index (κ1) is 14.7. The summed E-state index contributed by atoms with van der Waals surface area (Å²) in [6.45, 7) is 11.2. The molecule has 0 bridgehead atoms. The first-order chi connectivity index (χ1) is 5.09. The molecule has 2 nitrogen and oxygen atoms in total. The summed E-state index contributed by atoms with van der Waals surface area (Å²) >= 11 is 0. The minimum Gasteiger partial charge on any atom is -0.318 e. The molecular weight excluding hydrogens is 172 g/mol. The molecule has 0 fully saturated rings. The Morgan fingerprint density at radius 1 is 1.08 bits per heavy atom. The minimum absolute atomic E-state index is 0. The molecule has 0 radical (unpaired) electrons. The van der Waals surface area contributed by atoms with Crippen LogP contribution in [0.3, 0.4) is 0 Å². The Morgan fingerprint density at radius 2 is 1.50 bits per heavy atom. The van der Waals surface area contributed by atoms with Crippen molar-refractivity contribution in [1.82, 2.24) is 10.2 Å². The van der Waals surface area contributed by atoms with Crippen LogP contribution in [0.5, 0.6) is 0 Å². The lowest BCUT2D eigenvalue weighted by molar-refractivity contribution is 0.177. The first-order valence-corrected chi connectivity index (χ1v) is 4.50. The maximum atomic E-state index is 3.17. The van der Waals surface area contributed by atoms with Crippen molar-refractivity contribution in [2.45, 2.75) is 39.8 Å². The highest BCUT2D eigenvalue weighted by atomic mass is 35.5. The molecule has 0 unspecified atom stereocenters. The van der Waals surface area contributed by atoms with Crippen molar-refractivity contribution in [2.24, 2.45) is 0 Å². The summed E-state index contributed by atoms with van der Waals surface area (Å²) in [5.74, 6) is 0. The van der Waals surface area contributed by atoms with Crippen LogP contribution in [0.15, 0.2) is 0 Å². The topological polar surface area (TPSA) is 15.3 Å². The largest absolute Gasteiger partial charge is 0.318 e. The van der Waals surface area contributed by atoms with Crippen LogP contribution in [-0.2, 0) is 0 Å². The lowest BCUT2D eigenvalue weighted by Gasteiger charge is -2.30. The number of nitrogens with zero attached hydrogens (tertiary/aromatic N) is 1. The predicted molar refractivity (Wildman–Crippen MR) is 58.2 cm³/mol. The van der Waals surface area contributed by atoms with E-state index in [-0.39, 0.29) is 12.4 Å². The number of rotatable bonds is 5. The van der Waals surface area contributed by atoms with E-state index in [1.54, 1.807) is 0 Å². The molecule has 3 heteroatoms. The summed E-state index contributed by atoms with van der Waals surface area (Å²) < 4.78 is 0. The fraction of sp³-hybridized carbons (Fsp3) is 1.00. The molecular formula is C9H23ClN2. The molecule has 0 saturated heterocycles. The average Bonchev–Trinajstić information content (AvgIpc) is 1.87. The van der Waals surface area contributed by atoms with Gasteiger partial charge in [-0.3, -0.25) is 4.90 Å². The van der Waals surface area contributed by atoms with Gasteiger partial charge in [0.05, 0.1) is 0 Å². The average molecular weight is 195 g/mol. The summed E-state index contributed by atoms with van der Waals surface area (Å²) in [4.78, 5) is 2.48. The molecule has 0 amide bonds. The Morgan fingerprint density at radius 3 is 1.75 bits per heavy atom. The van der Waals surface area contributed by atoms with Crippen LogP contribution in [0.25, 0.3) is 0 Å². The molecule has 0 aromatic rings. The summed E-state index contributed by atoms with van der Waals surface area (Å²) in [6, 6.07) is 1.31. The number of hydrogen-bond acceptors (Lipinski definition) is 2. The van der Waals surface area contributed by atoms with Gasteiger partial charge in [-0.25, -0.2) is 0 Å². The van der Waals surface area contributed by atoms with Gasteiger partial charge in [0.2, 0.25) is 0 Å². The maximum absolute atomic E-state index is 3.17. The Balaban J connectivity index is 0. The Kier molecular flexibility index (Phi) is 9.61. The molecule has 0 aromatic heterocycles. The molecule has 12 heavy (non-hydrogen) atoms. The Labute approximate surface area is 83.1 Å². The van der Waals surface area contributed by atoms with Gasteiger partial charge < -0.3 is 5.32 Å². The van der Waals surface area contributed by atoms with Crippen LogP contribution >= 0.6 is 12.4 Å². The monoisotopic (exact) mass is 194 g/mol. The zero-order valence-corrected chi connectivity index (χ0v) is 9.74. The predicted octanol–water partition coefficient (Wildman–Crippen LogP) is 1.75. The standard InChI is InChI=1S/C9H22N2.ClH/c1-8(2)11(9(3)4)7-6-10-5;/h8-10H,6-7H2,1-5H3;1H. The molecule has 0 spiro atoms. The second-order valence-corrected chi connectivity index (χ2v) is 3.53. The fourth-order valence-electron chi connectivity index (χ4n) is 1.35. The number of nitrogens with one attached hydrogen (secondary N) is 1. The van der Waals surface area contributed by atoms with Gasteiger partial charge in [-0.15, -0.1) is 12.4 Å². The normalized spacial score (nSPS) is 11.0. The van der Waals surface area contributed by atoms with Gasteiger partial charge in [0.1, 0.15) is 0 Å². The molecule has 1 N–H and O–H groups in total. The zero-order valence-electron chi connectivity index (χ0n) is 8.92. The highest BCUT2D eigenvalue weighted by Gasteiger charge is 2.11. The van der Waals surface area contributed by atoms with Crippen molar-refractivity contribution in [2.75, 3.05) is 20.1 Å². The summed E-state index contributed by atoms with van der Waals surface area (Å²) in [7, 11) is 2.00. The van der Waals surface area contributed by atoms with Crippen LogP contribution in [0.4, 0.5) is 0 Å². The van der Waals surface area contributed by atoms with Gasteiger partial charge >= 0.3 is 0 Å². The molecule has 0 heterocycles. The lowest BCUT2D eigenvalue weighted by atomic mass is 10.2. The molecule has 76 valence electrons. The highest BCUT2D eigenvalue weighted by molar-refractivity contribution is 5.85. The summed E-state index contributed by atoms with van der Waals surface area (Å²) in [5, 5.41) is 3.17. The van der Waals surface area contributed by atoms with Crippen molar-refractivity contribution < 1.29 is 0 Å². The van der Waals surface area contributed by atoms with E-state index in [9.17, 15) is 0 Å². The van der Waals surface area contributed by atoms with Gasteiger partial charge in [-0.05, 0) is 34.7 Å². The van der Waals surface area contributed by atoms with E-state index in [0.29, 0.717) is 12.1 Å². The lowest BCUT2D eigenvalue weighted by Crippen LogP contribution is -2.40. The summed E-state index contributed by atoms with van der Waals surface area (Å²) in [5.41, 5.74) is 0. The van der Waals surface area contributed by atoms with Gasteiger partial charge in [-0.1, -0.05) is 0 Å². The molecule has 0 rings (SSSR count). The second-order valence-electron chi connectivity index (χ2n) is 3.53. The van der Waals surface area contributed by atoms with Crippen LogP contribution < -0.4 is 5.32 Å². The quantitative estimate of drug-likeness (QED) is 0.718. The van der Waals surface area contributed by atoms with Gasteiger partial charge in [0.25, 0.3) is 0 Å². The van der Waals surface area contributed by atoms with Crippen LogP contribution in [-0.4, -0.2) is 37.1 Å². The van der Waals surface area contributed by atoms with Gasteiger partial charge in [-0.2, -0.15) is 0 Å². The Hall–Kier alpha value is 0.210. The van der Waals surface area contributed by atoms with Crippen LogP contribution in [0, 0.1) is 0 Å². The van der Waals surface area contributed by atoms with E-state index in [2.05, 4.69) is 37.9 Å². The van der Waals surface area contributed by atoms with Crippen molar-refractivity contribution >= 4 is 12.4 Å². The first-order valence-electron chi connectivity index (χ1n) is 4.50. The van der Waals surface area contributed by atoms with Crippen molar-refractivity contribution in [3.05, 3.63) is 0 Å². The molecule has 0 atom stereocenters. The Bertz CT molecular complexity index is 86.5. The molecule has 0 aliphatic rings.